The second-order valence-corrected chi connectivity index (χ2v) is 10.4. The fraction of sp³-hybridized carbons (Fsp3) is 0.464. The van der Waals surface area contributed by atoms with E-state index in [9.17, 15) is 14.4 Å². The fourth-order valence-corrected chi connectivity index (χ4v) is 5.61. The highest BCUT2D eigenvalue weighted by Crippen LogP contribution is 2.39. The van der Waals surface area contributed by atoms with Crippen LogP contribution in [0.1, 0.15) is 52.0 Å². The van der Waals surface area contributed by atoms with Gasteiger partial charge in [-0.1, -0.05) is 29.8 Å². The van der Waals surface area contributed by atoms with Crippen molar-refractivity contribution in [3.63, 3.8) is 0 Å². The van der Waals surface area contributed by atoms with Crippen LogP contribution >= 0.6 is 11.6 Å². The first kappa shape index (κ1) is 25.7. The van der Waals surface area contributed by atoms with Gasteiger partial charge in [-0.3, -0.25) is 19.3 Å². The first-order chi connectivity index (χ1) is 17.9. The molecular formula is C28H32ClN3O5. The summed E-state index contributed by atoms with van der Waals surface area (Å²) in [6, 6.07) is 13.4. The number of ether oxygens (including phenoxy) is 2. The maximum atomic E-state index is 13.9. The van der Waals surface area contributed by atoms with Gasteiger partial charge in [-0.25, -0.2) is 0 Å². The molecule has 37 heavy (non-hydrogen) atoms. The third-order valence-electron chi connectivity index (χ3n) is 7.61. The van der Waals surface area contributed by atoms with Crippen LogP contribution in [0, 0.1) is 6.92 Å². The maximum absolute atomic E-state index is 13.9. The standard InChI is InChI=1S/C28H32ClN3O5/c1-19-5-2-3-7-23(19)27(35)32-24(25(33)30-17-22-6-4-16-36-22)18-37-28(32)12-14-31(15-13-28)26(34)20-8-10-21(29)11-9-20/h2-3,5,7-11,22,24H,4,6,12-18H2,1H3,(H,30,33)/t22-,24+/m0/s1. The number of carbonyl (C=O) groups is 3. The van der Waals surface area contributed by atoms with Crippen LogP contribution in [-0.4, -0.2) is 78.2 Å². The van der Waals surface area contributed by atoms with E-state index in [1.165, 1.54) is 0 Å². The van der Waals surface area contributed by atoms with E-state index < -0.39 is 11.8 Å². The first-order valence-corrected chi connectivity index (χ1v) is 13.2. The molecule has 8 nitrogen and oxygen atoms in total. The van der Waals surface area contributed by atoms with E-state index in [2.05, 4.69) is 5.32 Å². The lowest BCUT2D eigenvalue weighted by Gasteiger charge is -2.44. The van der Waals surface area contributed by atoms with Crippen LogP contribution in [-0.2, 0) is 14.3 Å². The summed E-state index contributed by atoms with van der Waals surface area (Å²) >= 11 is 5.97. The summed E-state index contributed by atoms with van der Waals surface area (Å²) in [4.78, 5) is 43.7. The molecular weight excluding hydrogens is 494 g/mol. The molecule has 3 fully saturated rings. The van der Waals surface area contributed by atoms with Gasteiger partial charge in [-0.15, -0.1) is 0 Å². The van der Waals surface area contributed by atoms with Crippen molar-refractivity contribution in [2.45, 2.75) is 50.5 Å². The Balaban J connectivity index is 1.35. The van der Waals surface area contributed by atoms with Crippen LogP contribution in [0.15, 0.2) is 48.5 Å². The Morgan fingerprint density at radius 1 is 1.05 bits per heavy atom. The van der Waals surface area contributed by atoms with Gasteiger partial charge in [-0.2, -0.15) is 0 Å². The number of likely N-dealkylation sites (tertiary alicyclic amines) is 1. The van der Waals surface area contributed by atoms with Gasteiger partial charge >= 0.3 is 0 Å². The minimum Gasteiger partial charge on any atom is -0.376 e. The number of benzene rings is 2. The number of rotatable bonds is 5. The minimum absolute atomic E-state index is 0.00266. The Hall–Kier alpha value is -2.94. The molecule has 0 radical (unpaired) electrons. The average Bonchev–Trinajstić information content (AvgIpc) is 3.56. The number of amides is 3. The molecule has 0 aromatic heterocycles. The van der Waals surface area contributed by atoms with Crippen LogP contribution in [0.2, 0.25) is 5.02 Å². The average molecular weight is 526 g/mol. The van der Waals surface area contributed by atoms with E-state index >= 15 is 0 Å². The summed E-state index contributed by atoms with van der Waals surface area (Å²) in [6.07, 6.45) is 2.73. The summed E-state index contributed by atoms with van der Waals surface area (Å²) in [5, 5.41) is 3.55. The molecule has 3 aliphatic rings. The second kappa shape index (κ2) is 10.8. The molecule has 196 valence electrons. The number of hydrogen-bond donors (Lipinski definition) is 1. The van der Waals surface area contributed by atoms with Gasteiger partial charge in [0.15, 0.2) is 0 Å². The quantitative estimate of drug-likeness (QED) is 0.646. The van der Waals surface area contributed by atoms with Gasteiger partial charge in [0.05, 0.1) is 12.7 Å². The van der Waals surface area contributed by atoms with Gasteiger partial charge in [-0.05, 0) is 55.7 Å². The van der Waals surface area contributed by atoms with Gasteiger partial charge < -0.3 is 19.7 Å². The molecule has 3 heterocycles. The fourth-order valence-electron chi connectivity index (χ4n) is 5.48. The number of aryl methyl sites for hydroxylation is 1. The van der Waals surface area contributed by atoms with Crippen LogP contribution < -0.4 is 5.32 Å². The molecule has 9 heteroatoms. The van der Waals surface area contributed by atoms with E-state index in [-0.39, 0.29) is 30.4 Å². The molecule has 0 aliphatic carbocycles. The van der Waals surface area contributed by atoms with E-state index in [4.69, 9.17) is 21.1 Å². The third kappa shape index (κ3) is 5.23. The lowest BCUT2D eigenvalue weighted by Crippen LogP contribution is -2.60. The zero-order valence-corrected chi connectivity index (χ0v) is 21.7. The number of nitrogens with one attached hydrogen (secondary N) is 1. The lowest BCUT2D eigenvalue weighted by atomic mass is 9.95. The van der Waals surface area contributed by atoms with Crippen molar-refractivity contribution >= 4 is 29.3 Å². The van der Waals surface area contributed by atoms with Crippen molar-refractivity contribution in [2.75, 3.05) is 32.8 Å². The highest BCUT2D eigenvalue weighted by atomic mass is 35.5. The topological polar surface area (TPSA) is 88.2 Å². The Morgan fingerprint density at radius 3 is 2.46 bits per heavy atom. The predicted octanol–water partition coefficient (Wildman–Crippen LogP) is 3.42. The zero-order chi connectivity index (χ0) is 26.0. The second-order valence-electron chi connectivity index (χ2n) is 9.94. The van der Waals surface area contributed by atoms with Crippen molar-refractivity contribution < 1.29 is 23.9 Å². The van der Waals surface area contributed by atoms with Crippen LogP contribution in [0.5, 0.6) is 0 Å². The van der Waals surface area contributed by atoms with Crippen molar-refractivity contribution in [2.24, 2.45) is 0 Å². The van der Waals surface area contributed by atoms with E-state index in [0.717, 1.165) is 18.4 Å². The third-order valence-corrected chi connectivity index (χ3v) is 7.86. The van der Waals surface area contributed by atoms with Crippen molar-refractivity contribution in [1.29, 1.82) is 0 Å². The molecule has 0 unspecified atom stereocenters. The first-order valence-electron chi connectivity index (χ1n) is 12.9. The van der Waals surface area contributed by atoms with Crippen LogP contribution in [0.25, 0.3) is 0 Å². The smallest absolute Gasteiger partial charge is 0.257 e. The molecule has 3 aliphatic heterocycles. The van der Waals surface area contributed by atoms with Crippen LogP contribution in [0.4, 0.5) is 0 Å². The van der Waals surface area contributed by atoms with Crippen molar-refractivity contribution in [1.82, 2.24) is 15.1 Å². The summed E-state index contributed by atoms with van der Waals surface area (Å²) in [5.41, 5.74) is 0.987. The van der Waals surface area contributed by atoms with Gasteiger partial charge in [0.1, 0.15) is 11.8 Å². The molecule has 2 atom stereocenters. The molecule has 3 amide bonds. The zero-order valence-electron chi connectivity index (χ0n) is 21.0. The molecule has 2 aromatic rings. The molecule has 1 N–H and O–H groups in total. The predicted molar refractivity (Wildman–Crippen MR) is 138 cm³/mol. The van der Waals surface area contributed by atoms with Gasteiger partial charge in [0.2, 0.25) is 5.91 Å². The molecule has 0 saturated carbocycles. The highest BCUT2D eigenvalue weighted by molar-refractivity contribution is 6.30. The van der Waals surface area contributed by atoms with Crippen molar-refractivity contribution in [3.8, 4) is 0 Å². The van der Waals surface area contributed by atoms with Crippen molar-refractivity contribution in [3.05, 3.63) is 70.2 Å². The Kier molecular flexibility index (Phi) is 7.51. The molecule has 1 spiro atoms. The van der Waals surface area contributed by atoms with E-state index in [1.807, 2.05) is 25.1 Å². The molecule has 3 saturated heterocycles. The summed E-state index contributed by atoms with van der Waals surface area (Å²) in [7, 11) is 0. The van der Waals surface area contributed by atoms with Gasteiger partial charge in [0.25, 0.3) is 11.8 Å². The number of carbonyl (C=O) groups excluding carboxylic acids is 3. The summed E-state index contributed by atoms with van der Waals surface area (Å²) in [5.74, 6) is -0.563. The normalized spacial score (nSPS) is 22.9. The summed E-state index contributed by atoms with van der Waals surface area (Å²) in [6.45, 7) is 3.93. The highest BCUT2D eigenvalue weighted by Gasteiger charge is 2.54. The maximum Gasteiger partial charge on any atom is 0.257 e. The lowest BCUT2D eigenvalue weighted by molar-refractivity contribution is -0.128. The van der Waals surface area contributed by atoms with Crippen LogP contribution in [0.3, 0.4) is 0 Å². The Morgan fingerprint density at radius 2 is 1.78 bits per heavy atom. The van der Waals surface area contributed by atoms with E-state index in [0.29, 0.717) is 55.2 Å². The minimum atomic E-state index is -0.956. The Labute approximate surface area is 221 Å². The van der Waals surface area contributed by atoms with E-state index in [1.54, 1.807) is 40.1 Å². The SMILES string of the molecule is Cc1ccccc1C(=O)N1[C@@H](C(=O)NC[C@@H]2CCCO2)COC12CCN(C(=O)c1ccc(Cl)cc1)CC2. The molecule has 2 aromatic carbocycles. The number of nitrogens with zero attached hydrogens (tertiary/aromatic N) is 2. The Bertz CT molecular complexity index is 1160. The number of piperidine rings is 1. The largest absolute Gasteiger partial charge is 0.376 e. The number of halogens is 1. The summed E-state index contributed by atoms with van der Waals surface area (Å²) < 4.78 is 11.9. The monoisotopic (exact) mass is 525 g/mol. The molecule has 0 bridgehead atoms. The molecule has 5 rings (SSSR count). The van der Waals surface area contributed by atoms with Gasteiger partial charge in [0, 0.05) is 55.2 Å². The number of hydrogen-bond acceptors (Lipinski definition) is 5.